The fourth-order valence-electron chi connectivity index (χ4n) is 2.30. The summed E-state index contributed by atoms with van der Waals surface area (Å²) in [6.45, 7) is 6.32. The van der Waals surface area contributed by atoms with E-state index in [1.165, 1.54) is 6.33 Å². The number of rotatable bonds is 4. The van der Waals surface area contributed by atoms with E-state index < -0.39 is 0 Å². The fourth-order valence-corrected chi connectivity index (χ4v) is 2.76. The minimum absolute atomic E-state index is 0.120. The summed E-state index contributed by atoms with van der Waals surface area (Å²) < 4.78 is 7.41. The topological polar surface area (TPSA) is 39.9 Å². The van der Waals surface area contributed by atoms with E-state index in [0.717, 1.165) is 11.3 Å². The average molecular weight is 340 g/mol. The third-order valence-corrected chi connectivity index (χ3v) is 3.80. The van der Waals surface area contributed by atoms with Crippen LogP contribution in [0.4, 0.5) is 0 Å². The van der Waals surface area contributed by atoms with Crippen molar-refractivity contribution in [2.24, 2.45) is 5.41 Å². The number of hydrogen-bond acceptors (Lipinski definition) is 3. The van der Waals surface area contributed by atoms with Crippen molar-refractivity contribution in [1.82, 2.24) is 14.8 Å². The molecule has 118 valence electrons. The van der Waals surface area contributed by atoms with Gasteiger partial charge in [-0.1, -0.05) is 50.0 Å². The number of halogens is 2. The molecule has 0 bridgehead atoms. The molecule has 1 atom stereocenters. The van der Waals surface area contributed by atoms with Crippen LogP contribution in [0.1, 0.15) is 26.3 Å². The minimum atomic E-state index is -0.180. The Bertz CT molecular complexity index is 661. The zero-order valence-corrected chi connectivity index (χ0v) is 14.6. The van der Waals surface area contributed by atoms with Crippen LogP contribution < -0.4 is 0 Å². The van der Waals surface area contributed by atoms with E-state index in [9.17, 15) is 0 Å². The third-order valence-electron chi connectivity index (χ3n) is 3.24. The highest BCUT2D eigenvalue weighted by Crippen LogP contribution is 2.32. The van der Waals surface area contributed by atoms with E-state index in [2.05, 4.69) is 30.9 Å². The van der Waals surface area contributed by atoms with Crippen LogP contribution >= 0.6 is 23.2 Å². The van der Waals surface area contributed by atoms with Crippen molar-refractivity contribution in [3.05, 3.63) is 46.5 Å². The van der Waals surface area contributed by atoms with Gasteiger partial charge in [0, 0.05) is 17.2 Å². The van der Waals surface area contributed by atoms with Crippen molar-refractivity contribution in [2.75, 3.05) is 7.11 Å². The molecule has 1 aromatic heterocycles. The number of methoxy groups -OCH3 is 1. The lowest BCUT2D eigenvalue weighted by atomic mass is 9.86. The van der Waals surface area contributed by atoms with Crippen molar-refractivity contribution in [2.45, 2.75) is 26.9 Å². The van der Waals surface area contributed by atoms with Gasteiger partial charge in [-0.15, -0.1) is 0 Å². The van der Waals surface area contributed by atoms with Gasteiger partial charge in [0.1, 0.15) is 18.8 Å². The molecule has 22 heavy (non-hydrogen) atoms. The maximum Gasteiger partial charge on any atom is 0.138 e. The Hall–Kier alpha value is -1.36. The largest absolute Gasteiger partial charge is 0.375 e. The molecule has 1 unspecified atom stereocenters. The number of hydrogen-bond donors (Lipinski definition) is 0. The van der Waals surface area contributed by atoms with Gasteiger partial charge < -0.3 is 4.74 Å². The fraction of sp³-hybridized carbons (Fsp3) is 0.375. The average Bonchev–Trinajstić information content (AvgIpc) is 2.93. The second-order valence-corrected chi connectivity index (χ2v) is 6.90. The first-order valence-electron chi connectivity index (χ1n) is 6.87. The SMILES string of the molecule is COC(C(=Cc1ccc(Cl)cc1Cl)n1cncn1)C(C)(C)C. The van der Waals surface area contributed by atoms with E-state index in [-0.39, 0.29) is 11.5 Å². The van der Waals surface area contributed by atoms with Crippen molar-refractivity contribution in [1.29, 1.82) is 0 Å². The normalized spacial score (nSPS) is 14.2. The Morgan fingerprint density at radius 1 is 1.32 bits per heavy atom. The standard InChI is InChI=1S/C16H19Cl2N3O/c1-16(2,3)15(22-4)14(21-10-19-9-20-21)7-11-5-6-12(17)8-13(11)18/h5-10,15H,1-4H3. The van der Waals surface area contributed by atoms with Crippen LogP contribution in [0.5, 0.6) is 0 Å². The Kier molecular flexibility index (Phi) is 5.27. The zero-order valence-electron chi connectivity index (χ0n) is 13.0. The Balaban J connectivity index is 2.56. The molecule has 1 heterocycles. The van der Waals surface area contributed by atoms with Gasteiger partial charge in [-0.25, -0.2) is 9.67 Å². The molecule has 0 amide bonds. The summed E-state index contributed by atoms with van der Waals surface area (Å²) in [5, 5.41) is 5.41. The monoisotopic (exact) mass is 339 g/mol. The lowest BCUT2D eigenvalue weighted by Crippen LogP contribution is -2.31. The number of ether oxygens (including phenoxy) is 1. The molecule has 4 nitrogen and oxygen atoms in total. The molecule has 0 aliphatic carbocycles. The van der Waals surface area contributed by atoms with Gasteiger partial charge in [0.15, 0.2) is 0 Å². The lowest BCUT2D eigenvalue weighted by Gasteiger charge is -2.31. The quantitative estimate of drug-likeness (QED) is 0.814. The predicted octanol–water partition coefficient (Wildman–Crippen LogP) is 4.64. The maximum atomic E-state index is 6.28. The lowest BCUT2D eigenvalue weighted by molar-refractivity contribution is 0.0570. The molecule has 0 aliphatic rings. The Labute approximate surface area is 140 Å². The molecule has 0 saturated heterocycles. The van der Waals surface area contributed by atoms with Crippen LogP contribution in [0.15, 0.2) is 30.9 Å². The molecule has 0 spiro atoms. The van der Waals surface area contributed by atoms with Gasteiger partial charge in [0.05, 0.1) is 5.70 Å². The summed E-state index contributed by atoms with van der Waals surface area (Å²) in [5.41, 5.74) is 1.59. The van der Waals surface area contributed by atoms with E-state index >= 15 is 0 Å². The van der Waals surface area contributed by atoms with E-state index in [1.54, 1.807) is 30.3 Å². The van der Waals surface area contributed by atoms with Crippen LogP contribution in [-0.4, -0.2) is 28.0 Å². The summed E-state index contributed by atoms with van der Waals surface area (Å²) in [6.07, 6.45) is 4.91. The van der Waals surface area contributed by atoms with Gasteiger partial charge >= 0.3 is 0 Å². The Morgan fingerprint density at radius 2 is 2.05 bits per heavy atom. The number of nitrogens with zero attached hydrogens (tertiary/aromatic N) is 3. The van der Waals surface area contributed by atoms with Crippen molar-refractivity contribution >= 4 is 35.0 Å². The summed E-state index contributed by atoms with van der Waals surface area (Å²) in [5.74, 6) is 0. The predicted molar refractivity (Wildman–Crippen MR) is 90.9 cm³/mol. The van der Waals surface area contributed by atoms with E-state index in [4.69, 9.17) is 27.9 Å². The molecule has 6 heteroatoms. The van der Waals surface area contributed by atoms with E-state index in [1.807, 2.05) is 12.1 Å². The molecule has 2 rings (SSSR count). The number of benzene rings is 1. The molecule has 0 saturated carbocycles. The van der Waals surface area contributed by atoms with Gasteiger partial charge in [-0.2, -0.15) is 5.10 Å². The van der Waals surface area contributed by atoms with Crippen molar-refractivity contribution < 1.29 is 4.74 Å². The summed E-state index contributed by atoms with van der Waals surface area (Å²) in [6, 6.07) is 5.39. The van der Waals surface area contributed by atoms with Crippen LogP contribution in [-0.2, 0) is 4.74 Å². The summed E-state index contributed by atoms with van der Waals surface area (Å²) >= 11 is 12.2. The smallest absolute Gasteiger partial charge is 0.138 e. The highest BCUT2D eigenvalue weighted by atomic mass is 35.5. The van der Waals surface area contributed by atoms with Gasteiger partial charge in [0.2, 0.25) is 0 Å². The van der Waals surface area contributed by atoms with E-state index in [0.29, 0.717) is 10.0 Å². The first-order chi connectivity index (χ1) is 10.3. The van der Waals surface area contributed by atoms with Crippen LogP contribution in [0.3, 0.4) is 0 Å². The second-order valence-electron chi connectivity index (χ2n) is 6.06. The van der Waals surface area contributed by atoms with Gasteiger partial charge in [-0.05, 0) is 29.2 Å². The maximum absolute atomic E-state index is 6.28. The van der Waals surface area contributed by atoms with Gasteiger partial charge in [0.25, 0.3) is 0 Å². The van der Waals surface area contributed by atoms with Crippen LogP contribution in [0.2, 0.25) is 10.0 Å². The Morgan fingerprint density at radius 3 is 2.55 bits per heavy atom. The minimum Gasteiger partial charge on any atom is -0.375 e. The molecular weight excluding hydrogens is 321 g/mol. The molecule has 0 fully saturated rings. The number of aromatic nitrogens is 3. The zero-order chi connectivity index (χ0) is 16.3. The first-order valence-corrected chi connectivity index (χ1v) is 7.63. The molecular formula is C16H19Cl2N3O. The highest BCUT2D eigenvalue weighted by molar-refractivity contribution is 6.35. The highest BCUT2D eigenvalue weighted by Gasteiger charge is 2.29. The third kappa shape index (κ3) is 3.88. The van der Waals surface area contributed by atoms with Crippen LogP contribution in [0.25, 0.3) is 11.8 Å². The van der Waals surface area contributed by atoms with Crippen molar-refractivity contribution in [3.63, 3.8) is 0 Å². The molecule has 1 aromatic carbocycles. The first kappa shape index (κ1) is 17.0. The molecule has 0 N–H and O–H groups in total. The second kappa shape index (κ2) is 6.82. The van der Waals surface area contributed by atoms with Crippen LogP contribution in [0, 0.1) is 5.41 Å². The summed E-state index contributed by atoms with van der Waals surface area (Å²) in [7, 11) is 1.68. The molecule has 2 aromatic rings. The molecule has 0 radical (unpaired) electrons. The molecule has 0 aliphatic heterocycles. The summed E-state index contributed by atoms with van der Waals surface area (Å²) in [4.78, 5) is 4.02. The van der Waals surface area contributed by atoms with Gasteiger partial charge in [-0.3, -0.25) is 0 Å². The van der Waals surface area contributed by atoms with Crippen molar-refractivity contribution in [3.8, 4) is 0 Å².